The van der Waals surface area contributed by atoms with Crippen LogP contribution in [-0.2, 0) is 24.7 Å². The minimum absolute atomic E-state index is 0.0830. The van der Waals surface area contributed by atoms with Gasteiger partial charge < -0.3 is 5.11 Å². The zero-order chi connectivity index (χ0) is 16.5. The van der Waals surface area contributed by atoms with Gasteiger partial charge in [-0.05, 0) is 31.0 Å². The van der Waals surface area contributed by atoms with Gasteiger partial charge in [-0.15, -0.1) is 0 Å². The van der Waals surface area contributed by atoms with E-state index in [1.54, 1.807) is 0 Å². The largest absolute Gasteiger partial charge is 0.481 e. The SMILES string of the molecule is CS(=O)(=O)c1cccc(S(=O)(=O)N2CCCC(C(=O)O)C2)c1. The van der Waals surface area contributed by atoms with Crippen molar-refractivity contribution in [1.29, 1.82) is 0 Å². The maximum absolute atomic E-state index is 12.6. The Balaban J connectivity index is 2.36. The summed E-state index contributed by atoms with van der Waals surface area (Å²) in [5.41, 5.74) is 0. The van der Waals surface area contributed by atoms with Crippen LogP contribution in [0.4, 0.5) is 0 Å². The predicted octanol–water partition coefficient (Wildman–Crippen LogP) is 0.575. The Bertz CT molecular complexity index is 785. The first-order valence-corrected chi connectivity index (χ1v) is 9.98. The van der Waals surface area contributed by atoms with Crippen molar-refractivity contribution in [3.8, 4) is 0 Å². The first-order chi connectivity index (χ1) is 10.1. The fourth-order valence-corrected chi connectivity index (χ4v) is 4.69. The molecule has 1 aliphatic rings. The van der Waals surface area contributed by atoms with Crippen molar-refractivity contribution >= 4 is 25.8 Å². The summed E-state index contributed by atoms with van der Waals surface area (Å²) in [5.74, 6) is -1.76. The van der Waals surface area contributed by atoms with Crippen molar-refractivity contribution < 1.29 is 26.7 Å². The second kappa shape index (κ2) is 5.98. The Morgan fingerprint density at radius 3 is 2.45 bits per heavy atom. The molecule has 0 aliphatic carbocycles. The van der Waals surface area contributed by atoms with E-state index in [0.29, 0.717) is 12.8 Å². The molecule has 2 rings (SSSR count). The van der Waals surface area contributed by atoms with E-state index in [9.17, 15) is 21.6 Å². The zero-order valence-corrected chi connectivity index (χ0v) is 13.6. The van der Waals surface area contributed by atoms with Crippen LogP contribution in [0, 0.1) is 5.92 Å². The second-order valence-corrected chi connectivity index (χ2v) is 9.24. The lowest BCUT2D eigenvalue weighted by Crippen LogP contribution is -2.42. The van der Waals surface area contributed by atoms with Crippen molar-refractivity contribution in [3.05, 3.63) is 24.3 Å². The molecule has 0 aromatic heterocycles. The molecule has 0 bridgehead atoms. The van der Waals surface area contributed by atoms with Gasteiger partial charge >= 0.3 is 5.97 Å². The van der Waals surface area contributed by atoms with E-state index in [2.05, 4.69) is 0 Å². The van der Waals surface area contributed by atoms with Gasteiger partial charge in [0.15, 0.2) is 9.84 Å². The van der Waals surface area contributed by atoms with Crippen molar-refractivity contribution in [2.75, 3.05) is 19.3 Å². The Morgan fingerprint density at radius 1 is 1.23 bits per heavy atom. The number of piperidine rings is 1. The fourth-order valence-electron chi connectivity index (χ4n) is 2.38. The molecule has 1 N–H and O–H groups in total. The molecule has 0 amide bonds. The van der Waals surface area contributed by atoms with E-state index in [4.69, 9.17) is 5.11 Å². The normalized spacial score (nSPS) is 20.7. The minimum Gasteiger partial charge on any atom is -0.481 e. The number of sulfone groups is 1. The molecule has 1 aliphatic heterocycles. The highest BCUT2D eigenvalue weighted by Gasteiger charge is 2.33. The van der Waals surface area contributed by atoms with E-state index in [0.717, 1.165) is 16.6 Å². The number of rotatable bonds is 4. The molecule has 1 heterocycles. The lowest BCUT2D eigenvalue weighted by Gasteiger charge is -2.29. The van der Waals surface area contributed by atoms with Gasteiger partial charge in [-0.3, -0.25) is 4.79 Å². The molecule has 122 valence electrons. The number of carbonyl (C=O) groups is 1. The number of nitrogens with zero attached hydrogens (tertiary/aromatic N) is 1. The third kappa shape index (κ3) is 3.47. The summed E-state index contributed by atoms with van der Waals surface area (Å²) in [7, 11) is -7.42. The maximum atomic E-state index is 12.6. The third-order valence-electron chi connectivity index (χ3n) is 3.60. The van der Waals surface area contributed by atoms with Crippen LogP contribution in [0.1, 0.15) is 12.8 Å². The summed E-state index contributed by atoms with van der Waals surface area (Å²) in [6.07, 6.45) is 1.90. The van der Waals surface area contributed by atoms with Crippen molar-refractivity contribution in [3.63, 3.8) is 0 Å². The van der Waals surface area contributed by atoms with Gasteiger partial charge in [-0.1, -0.05) is 6.07 Å². The number of carboxylic acid groups (broad SMARTS) is 1. The van der Waals surface area contributed by atoms with Crippen molar-refractivity contribution in [2.45, 2.75) is 22.6 Å². The van der Waals surface area contributed by atoms with Gasteiger partial charge in [0.1, 0.15) is 0 Å². The zero-order valence-electron chi connectivity index (χ0n) is 12.0. The summed E-state index contributed by atoms with van der Waals surface area (Å²) >= 11 is 0. The Labute approximate surface area is 129 Å². The van der Waals surface area contributed by atoms with Crippen molar-refractivity contribution in [1.82, 2.24) is 4.31 Å². The van der Waals surface area contributed by atoms with E-state index < -0.39 is 31.7 Å². The van der Waals surface area contributed by atoms with Gasteiger partial charge in [0.2, 0.25) is 10.0 Å². The number of hydrogen-bond acceptors (Lipinski definition) is 5. The van der Waals surface area contributed by atoms with Crippen LogP contribution in [-0.4, -0.2) is 51.6 Å². The molecule has 7 nitrogen and oxygen atoms in total. The van der Waals surface area contributed by atoms with Gasteiger partial charge in [0, 0.05) is 19.3 Å². The molecule has 1 unspecified atom stereocenters. The summed E-state index contributed by atoms with van der Waals surface area (Å²) in [4.78, 5) is 10.8. The van der Waals surface area contributed by atoms with Gasteiger partial charge in [-0.25, -0.2) is 16.8 Å². The molecular weight excluding hydrogens is 330 g/mol. The van der Waals surface area contributed by atoms with Crippen LogP contribution in [0.5, 0.6) is 0 Å². The number of aliphatic carboxylic acids is 1. The molecule has 0 radical (unpaired) electrons. The van der Waals surface area contributed by atoms with Crippen LogP contribution in [0.25, 0.3) is 0 Å². The Morgan fingerprint density at radius 2 is 1.86 bits per heavy atom. The lowest BCUT2D eigenvalue weighted by molar-refractivity contribution is -0.142. The Kier molecular flexibility index (Phi) is 4.59. The first kappa shape index (κ1) is 16.9. The highest BCUT2D eigenvalue weighted by Crippen LogP contribution is 2.25. The maximum Gasteiger partial charge on any atom is 0.307 e. The van der Waals surface area contributed by atoms with E-state index in [1.165, 1.54) is 18.2 Å². The summed E-state index contributed by atoms with van der Waals surface area (Å²) in [5, 5.41) is 9.04. The molecule has 0 saturated carbocycles. The highest BCUT2D eigenvalue weighted by molar-refractivity contribution is 7.91. The quantitative estimate of drug-likeness (QED) is 0.853. The van der Waals surface area contributed by atoms with Gasteiger partial charge in [0.05, 0.1) is 15.7 Å². The van der Waals surface area contributed by atoms with Gasteiger partial charge in [0.25, 0.3) is 0 Å². The molecule has 1 aromatic carbocycles. The fraction of sp³-hybridized carbons (Fsp3) is 0.462. The summed E-state index contributed by atoms with van der Waals surface area (Å²) in [6, 6.07) is 5.11. The molecule has 1 fully saturated rings. The molecule has 0 spiro atoms. The summed E-state index contributed by atoms with van der Waals surface area (Å²) < 4.78 is 49.3. The van der Waals surface area contributed by atoms with Crippen LogP contribution >= 0.6 is 0 Å². The predicted molar refractivity (Wildman–Crippen MR) is 78.7 cm³/mol. The highest BCUT2D eigenvalue weighted by atomic mass is 32.2. The number of sulfonamides is 1. The van der Waals surface area contributed by atoms with Crippen LogP contribution in [0.2, 0.25) is 0 Å². The standard InChI is InChI=1S/C13H17NO6S2/c1-21(17,18)11-5-2-6-12(8-11)22(19,20)14-7-3-4-10(9-14)13(15)16/h2,5-6,8,10H,3-4,7,9H2,1H3,(H,15,16). The molecule has 9 heteroatoms. The number of carboxylic acids is 1. The van der Waals surface area contributed by atoms with E-state index >= 15 is 0 Å². The van der Waals surface area contributed by atoms with Crippen LogP contribution in [0.3, 0.4) is 0 Å². The van der Waals surface area contributed by atoms with E-state index in [1.807, 2.05) is 0 Å². The first-order valence-electron chi connectivity index (χ1n) is 6.65. The van der Waals surface area contributed by atoms with E-state index in [-0.39, 0.29) is 22.9 Å². The van der Waals surface area contributed by atoms with Crippen molar-refractivity contribution in [2.24, 2.45) is 5.92 Å². The monoisotopic (exact) mass is 347 g/mol. The minimum atomic E-state index is -3.91. The molecule has 1 aromatic rings. The molecular formula is C13H17NO6S2. The lowest BCUT2D eigenvalue weighted by atomic mass is 10.0. The summed E-state index contributed by atoms with van der Waals surface area (Å²) in [6.45, 7) is 0.135. The Hall–Kier alpha value is -1.45. The third-order valence-corrected chi connectivity index (χ3v) is 6.58. The smallest absolute Gasteiger partial charge is 0.307 e. The van der Waals surface area contributed by atoms with Crippen LogP contribution < -0.4 is 0 Å². The molecule has 1 saturated heterocycles. The van der Waals surface area contributed by atoms with Gasteiger partial charge in [-0.2, -0.15) is 4.31 Å². The molecule has 22 heavy (non-hydrogen) atoms. The second-order valence-electron chi connectivity index (χ2n) is 5.29. The topological polar surface area (TPSA) is 109 Å². The average Bonchev–Trinajstić information content (AvgIpc) is 2.46. The number of hydrogen-bond donors (Lipinski definition) is 1. The average molecular weight is 347 g/mol. The molecule has 1 atom stereocenters. The van der Waals surface area contributed by atoms with Crippen LogP contribution in [0.15, 0.2) is 34.1 Å². The number of benzene rings is 1.